The van der Waals surface area contributed by atoms with Gasteiger partial charge >= 0.3 is 0 Å². The van der Waals surface area contributed by atoms with Crippen LogP contribution in [0.3, 0.4) is 0 Å². The van der Waals surface area contributed by atoms with Gasteiger partial charge in [-0.2, -0.15) is 4.98 Å². The number of thiazole rings is 1. The molecule has 0 aliphatic rings. The van der Waals surface area contributed by atoms with Crippen molar-refractivity contribution in [1.29, 1.82) is 0 Å². The highest BCUT2D eigenvalue weighted by Gasteiger charge is 2.03. The molecule has 1 aromatic heterocycles. The minimum Gasteiger partial charge on any atom is -0.431 e. The summed E-state index contributed by atoms with van der Waals surface area (Å²) >= 11 is 4.77. The van der Waals surface area contributed by atoms with Crippen molar-refractivity contribution >= 4 is 27.3 Å². The monoisotopic (exact) mass is 297 g/mol. The molecule has 4 heteroatoms. The van der Waals surface area contributed by atoms with Crippen LogP contribution in [-0.4, -0.2) is 4.98 Å². The molecule has 0 bridgehead atoms. The Morgan fingerprint density at radius 1 is 1.25 bits per heavy atom. The standard InChI is InChI=1S/C12H12BrNOS/c1-8(2)9-3-5-10(6-4-9)15-12-14-11(13)7-16-12/h3-8H,1-2H3. The lowest BCUT2D eigenvalue weighted by Gasteiger charge is -2.06. The minimum atomic E-state index is 0.544. The Labute approximate surface area is 107 Å². The maximum atomic E-state index is 5.61. The molecule has 0 fully saturated rings. The van der Waals surface area contributed by atoms with E-state index < -0.39 is 0 Å². The van der Waals surface area contributed by atoms with Crippen LogP contribution >= 0.6 is 27.3 Å². The number of hydrogen-bond acceptors (Lipinski definition) is 3. The van der Waals surface area contributed by atoms with E-state index in [0.717, 1.165) is 10.4 Å². The summed E-state index contributed by atoms with van der Waals surface area (Å²) in [5, 5.41) is 2.56. The summed E-state index contributed by atoms with van der Waals surface area (Å²) in [4.78, 5) is 4.18. The van der Waals surface area contributed by atoms with Gasteiger partial charge in [0, 0.05) is 5.38 Å². The molecule has 0 radical (unpaired) electrons. The topological polar surface area (TPSA) is 22.1 Å². The maximum Gasteiger partial charge on any atom is 0.279 e. The molecule has 0 atom stereocenters. The van der Waals surface area contributed by atoms with Crippen molar-refractivity contribution in [3.63, 3.8) is 0 Å². The average molecular weight is 298 g/mol. The SMILES string of the molecule is CC(C)c1ccc(Oc2nc(Br)cs2)cc1. The molecule has 0 unspecified atom stereocenters. The smallest absolute Gasteiger partial charge is 0.279 e. The third-order valence-electron chi connectivity index (χ3n) is 2.21. The number of aromatic nitrogens is 1. The molecule has 1 aromatic carbocycles. The lowest BCUT2D eigenvalue weighted by molar-refractivity contribution is 0.478. The molecule has 16 heavy (non-hydrogen) atoms. The van der Waals surface area contributed by atoms with Gasteiger partial charge in [0.1, 0.15) is 10.4 Å². The Bertz CT molecular complexity index is 464. The van der Waals surface area contributed by atoms with E-state index in [0.29, 0.717) is 11.1 Å². The Balaban J connectivity index is 2.11. The number of ether oxygens (including phenoxy) is 1. The van der Waals surface area contributed by atoms with Gasteiger partial charge in [0.25, 0.3) is 5.19 Å². The first-order valence-electron chi connectivity index (χ1n) is 5.04. The maximum absolute atomic E-state index is 5.61. The van der Waals surface area contributed by atoms with Gasteiger partial charge in [0.15, 0.2) is 0 Å². The van der Waals surface area contributed by atoms with Crippen molar-refractivity contribution < 1.29 is 4.74 Å². The van der Waals surface area contributed by atoms with E-state index in [-0.39, 0.29) is 0 Å². The average Bonchev–Trinajstić information content (AvgIpc) is 2.65. The van der Waals surface area contributed by atoms with E-state index in [9.17, 15) is 0 Å². The van der Waals surface area contributed by atoms with E-state index in [2.05, 4.69) is 46.9 Å². The fourth-order valence-corrected chi connectivity index (χ4v) is 2.41. The Kier molecular flexibility index (Phi) is 3.61. The van der Waals surface area contributed by atoms with Crippen molar-refractivity contribution in [2.24, 2.45) is 0 Å². The summed E-state index contributed by atoms with van der Waals surface area (Å²) < 4.78 is 6.42. The molecule has 2 aromatic rings. The second kappa shape index (κ2) is 4.97. The predicted octanol–water partition coefficient (Wildman–Crippen LogP) is 4.82. The zero-order valence-electron chi connectivity index (χ0n) is 9.11. The number of rotatable bonds is 3. The molecular formula is C12H12BrNOS. The highest BCUT2D eigenvalue weighted by atomic mass is 79.9. The molecule has 0 amide bonds. The van der Waals surface area contributed by atoms with Crippen molar-refractivity contribution in [3.05, 3.63) is 39.8 Å². The first-order chi connectivity index (χ1) is 7.65. The number of halogens is 1. The number of nitrogens with zero attached hydrogens (tertiary/aromatic N) is 1. The third-order valence-corrected chi connectivity index (χ3v) is 3.63. The van der Waals surface area contributed by atoms with Crippen LogP contribution in [0.4, 0.5) is 0 Å². The molecule has 2 nitrogen and oxygen atoms in total. The van der Waals surface area contributed by atoms with Crippen LogP contribution in [0.25, 0.3) is 0 Å². The summed E-state index contributed by atoms with van der Waals surface area (Å²) in [6, 6.07) is 8.13. The van der Waals surface area contributed by atoms with Crippen molar-refractivity contribution in [2.45, 2.75) is 19.8 Å². The Morgan fingerprint density at radius 3 is 2.44 bits per heavy atom. The van der Waals surface area contributed by atoms with Crippen LogP contribution in [0.15, 0.2) is 34.2 Å². The van der Waals surface area contributed by atoms with Gasteiger partial charge in [-0.1, -0.05) is 37.3 Å². The van der Waals surface area contributed by atoms with Crippen LogP contribution < -0.4 is 4.74 Å². The molecule has 0 spiro atoms. The summed E-state index contributed by atoms with van der Waals surface area (Å²) in [5.41, 5.74) is 1.31. The van der Waals surface area contributed by atoms with Gasteiger partial charge in [-0.25, -0.2) is 0 Å². The summed E-state index contributed by atoms with van der Waals surface area (Å²) in [6.45, 7) is 4.35. The second-order valence-electron chi connectivity index (χ2n) is 3.76. The highest BCUT2D eigenvalue weighted by molar-refractivity contribution is 9.10. The van der Waals surface area contributed by atoms with Gasteiger partial charge in [-0.05, 0) is 39.5 Å². The Hall–Kier alpha value is -0.870. The van der Waals surface area contributed by atoms with Crippen molar-refractivity contribution in [1.82, 2.24) is 4.98 Å². The minimum absolute atomic E-state index is 0.544. The van der Waals surface area contributed by atoms with E-state index in [1.807, 2.05) is 17.5 Å². The van der Waals surface area contributed by atoms with E-state index in [1.165, 1.54) is 16.9 Å². The van der Waals surface area contributed by atoms with Crippen LogP contribution in [0.5, 0.6) is 10.9 Å². The fraction of sp³-hybridized carbons (Fsp3) is 0.250. The third kappa shape index (κ3) is 2.83. The van der Waals surface area contributed by atoms with Crippen LogP contribution in [0.1, 0.15) is 25.3 Å². The molecule has 0 N–H and O–H groups in total. The zero-order chi connectivity index (χ0) is 11.5. The van der Waals surface area contributed by atoms with Gasteiger partial charge in [0.05, 0.1) is 0 Å². The van der Waals surface area contributed by atoms with E-state index in [1.54, 1.807) is 0 Å². The van der Waals surface area contributed by atoms with Gasteiger partial charge < -0.3 is 4.74 Å². The molecule has 1 heterocycles. The normalized spacial score (nSPS) is 10.8. The molecule has 84 valence electrons. The van der Waals surface area contributed by atoms with Crippen LogP contribution in [0, 0.1) is 0 Å². The van der Waals surface area contributed by atoms with Crippen LogP contribution in [0.2, 0.25) is 0 Å². The number of hydrogen-bond donors (Lipinski definition) is 0. The van der Waals surface area contributed by atoms with E-state index in [4.69, 9.17) is 4.74 Å². The van der Waals surface area contributed by atoms with Crippen molar-refractivity contribution in [2.75, 3.05) is 0 Å². The molecule has 0 aliphatic carbocycles. The quantitative estimate of drug-likeness (QED) is 0.810. The lowest BCUT2D eigenvalue weighted by Crippen LogP contribution is -1.87. The summed E-state index contributed by atoms with van der Waals surface area (Å²) in [5.74, 6) is 1.37. The number of benzene rings is 1. The van der Waals surface area contributed by atoms with Gasteiger partial charge in [-0.3, -0.25) is 0 Å². The molecule has 0 saturated heterocycles. The molecular weight excluding hydrogens is 286 g/mol. The summed E-state index contributed by atoms with van der Waals surface area (Å²) in [7, 11) is 0. The lowest BCUT2D eigenvalue weighted by atomic mass is 10.0. The zero-order valence-corrected chi connectivity index (χ0v) is 11.5. The first-order valence-corrected chi connectivity index (χ1v) is 6.71. The Morgan fingerprint density at radius 2 is 1.94 bits per heavy atom. The van der Waals surface area contributed by atoms with Gasteiger partial charge in [0.2, 0.25) is 0 Å². The molecule has 0 saturated carbocycles. The molecule has 2 rings (SSSR count). The second-order valence-corrected chi connectivity index (χ2v) is 5.40. The molecule has 0 aliphatic heterocycles. The van der Waals surface area contributed by atoms with E-state index >= 15 is 0 Å². The van der Waals surface area contributed by atoms with Gasteiger partial charge in [-0.15, -0.1) is 0 Å². The largest absolute Gasteiger partial charge is 0.431 e. The highest BCUT2D eigenvalue weighted by Crippen LogP contribution is 2.28. The van der Waals surface area contributed by atoms with Crippen molar-refractivity contribution in [3.8, 4) is 10.9 Å². The van der Waals surface area contributed by atoms with Crippen LogP contribution in [-0.2, 0) is 0 Å². The predicted molar refractivity (Wildman–Crippen MR) is 70.4 cm³/mol. The summed E-state index contributed by atoms with van der Waals surface area (Å²) in [6.07, 6.45) is 0. The fourth-order valence-electron chi connectivity index (χ4n) is 1.31. The first kappa shape index (κ1) is 11.6.